The van der Waals surface area contributed by atoms with Gasteiger partial charge in [-0.1, -0.05) is 0 Å². The number of carbonyl (C=O) groups is 2. The fourth-order valence-electron chi connectivity index (χ4n) is 2.79. The molecule has 142 valence electrons. The summed E-state index contributed by atoms with van der Waals surface area (Å²) in [4.78, 5) is 27.1. The largest absolute Gasteiger partial charge is 0.478 e. The number of carboxylic acid groups (broad SMARTS) is 1. The number of hydrogen-bond acceptors (Lipinski definition) is 5. The zero-order valence-electron chi connectivity index (χ0n) is 14.2. The van der Waals surface area contributed by atoms with Gasteiger partial charge in [0.25, 0.3) is 0 Å². The van der Waals surface area contributed by atoms with E-state index in [0.717, 1.165) is 0 Å². The van der Waals surface area contributed by atoms with Crippen molar-refractivity contribution in [3.05, 3.63) is 11.8 Å². The van der Waals surface area contributed by atoms with Crippen LogP contribution in [0, 0.1) is 5.41 Å². The van der Waals surface area contributed by atoms with Crippen molar-refractivity contribution in [2.24, 2.45) is 16.1 Å². The molecular formula is C16H23F3N2O4. The average Bonchev–Trinajstić information content (AvgIpc) is 2.48. The molecule has 6 nitrogen and oxygen atoms in total. The van der Waals surface area contributed by atoms with Crippen molar-refractivity contribution in [3.63, 3.8) is 0 Å². The second-order valence-electron chi connectivity index (χ2n) is 6.27. The molecule has 0 atom stereocenters. The molecule has 1 saturated carbocycles. The molecule has 0 spiro atoms. The normalized spacial score (nSPS) is 25.6. The van der Waals surface area contributed by atoms with Crippen molar-refractivity contribution in [1.82, 2.24) is 0 Å². The molecular weight excluding hydrogens is 341 g/mol. The molecule has 0 heterocycles. The summed E-state index contributed by atoms with van der Waals surface area (Å²) >= 11 is 0. The Bertz CT molecular complexity index is 562. The monoisotopic (exact) mass is 364 g/mol. The van der Waals surface area contributed by atoms with E-state index in [1.54, 1.807) is 13.8 Å². The fraction of sp³-hybridized carbons (Fsp3) is 0.688. The summed E-state index contributed by atoms with van der Waals surface area (Å²) in [5, 5.41) is 9.03. The molecule has 0 radical (unpaired) electrons. The van der Waals surface area contributed by atoms with E-state index in [4.69, 9.17) is 15.6 Å². The first kappa shape index (κ1) is 21.0. The van der Waals surface area contributed by atoms with Crippen LogP contribution in [0.15, 0.2) is 16.8 Å². The van der Waals surface area contributed by atoms with Crippen LogP contribution in [0.2, 0.25) is 0 Å². The summed E-state index contributed by atoms with van der Waals surface area (Å²) in [6, 6.07) is -0.492. The first-order chi connectivity index (χ1) is 11.5. The maximum absolute atomic E-state index is 12.7. The first-order valence-corrected chi connectivity index (χ1v) is 7.98. The number of alkyl halides is 3. The van der Waals surface area contributed by atoms with E-state index in [2.05, 4.69) is 4.99 Å². The number of halogens is 3. The minimum absolute atomic E-state index is 0.259. The Labute approximate surface area is 143 Å². The second kappa shape index (κ2) is 8.35. The molecule has 1 fully saturated rings. The van der Waals surface area contributed by atoms with Gasteiger partial charge in [-0.05, 0) is 39.5 Å². The Kier molecular flexibility index (Phi) is 7.01. The predicted octanol–water partition coefficient (Wildman–Crippen LogP) is 2.82. The molecule has 1 rings (SSSR count). The van der Waals surface area contributed by atoms with Crippen LogP contribution in [0.4, 0.5) is 13.2 Å². The molecule has 0 aliphatic heterocycles. The summed E-state index contributed by atoms with van der Waals surface area (Å²) in [5.74, 6) is -1.89. The summed E-state index contributed by atoms with van der Waals surface area (Å²) in [6.45, 7) is 3.71. The smallest absolute Gasteiger partial charge is 0.394 e. The van der Waals surface area contributed by atoms with Crippen LogP contribution in [0.5, 0.6) is 0 Å². The third-order valence-corrected chi connectivity index (χ3v) is 4.24. The van der Waals surface area contributed by atoms with Crippen molar-refractivity contribution >= 4 is 17.7 Å². The average molecular weight is 364 g/mol. The topological polar surface area (TPSA) is 102 Å². The van der Waals surface area contributed by atoms with Crippen LogP contribution in [0.3, 0.4) is 0 Å². The Morgan fingerprint density at radius 1 is 1.36 bits per heavy atom. The van der Waals surface area contributed by atoms with Gasteiger partial charge in [-0.15, -0.1) is 0 Å². The predicted molar refractivity (Wildman–Crippen MR) is 85.0 cm³/mol. The summed E-state index contributed by atoms with van der Waals surface area (Å²) in [7, 11) is 0. The standard InChI is InChI=1S/C16H23F3N2O4/c1-3-25-14(24)15(2)6-4-10(5-7-15)21-12(8-16(17,18)19)11(9-20)13(22)23/h9-10H,3-8,20H2,1-2H3,(H,22,23). The molecule has 1 aliphatic rings. The Morgan fingerprint density at radius 3 is 2.32 bits per heavy atom. The molecule has 25 heavy (non-hydrogen) atoms. The highest BCUT2D eigenvalue weighted by atomic mass is 19.4. The molecule has 9 heteroatoms. The second-order valence-corrected chi connectivity index (χ2v) is 6.27. The first-order valence-electron chi connectivity index (χ1n) is 7.98. The van der Waals surface area contributed by atoms with Crippen LogP contribution in [-0.2, 0) is 14.3 Å². The van der Waals surface area contributed by atoms with E-state index in [1.165, 1.54) is 0 Å². The number of rotatable bonds is 6. The lowest BCUT2D eigenvalue weighted by Crippen LogP contribution is -2.35. The molecule has 3 N–H and O–H groups in total. The molecule has 0 saturated heterocycles. The lowest BCUT2D eigenvalue weighted by molar-refractivity contribution is -0.156. The van der Waals surface area contributed by atoms with Crippen LogP contribution in [0.25, 0.3) is 0 Å². The van der Waals surface area contributed by atoms with E-state index in [1.807, 2.05) is 0 Å². The van der Waals surface area contributed by atoms with Crippen molar-refractivity contribution in [1.29, 1.82) is 0 Å². The quantitative estimate of drug-likeness (QED) is 0.429. The molecule has 0 aromatic rings. The van der Waals surface area contributed by atoms with Crippen molar-refractivity contribution in [3.8, 4) is 0 Å². The van der Waals surface area contributed by atoms with Crippen molar-refractivity contribution in [2.75, 3.05) is 6.61 Å². The highest BCUT2D eigenvalue weighted by Gasteiger charge is 2.39. The van der Waals surface area contributed by atoms with Gasteiger partial charge in [-0.25, -0.2) is 4.79 Å². The summed E-state index contributed by atoms with van der Waals surface area (Å²) < 4.78 is 43.2. The Morgan fingerprint density at radius 2 is 1.92 bits per heavy atom. The van der Waals surface area contributed by atoms with Crippen molar-refractivity contribution < 1.29 is 32.6 Å². The van der Waals surface area contributed by atoms with Crippen LogP contribution < -0.4 is 5.73 Å². The van der Waals surface area contributed by atoms with E-state index < -0.39 is 41.3 Å². The highest BCUT2D eigenvalue weighted by molar-refractivity contribution is 6.19. The van der Waals surface area contributed by atoms with Gasteiger partial charge in [0.15, 0.2) is 0 Å². The number of nitrogens with two attached hydrogens (primary N) is 1. The molecule has 0 unspecified atom stereocenters. The Balaban J connectivity index is 2.94. The van der Waals surface area contributed by atoms with Gasteiger partial charge >= 0.3 is 18.1 Å². The molecule has 0 bridgehead atoms. The zero-order chi connectivity index (χ0) is 19.3. The number of carboxylic acids is 1. The minimum Gasteiger partial charge on any atom is -0.478 e. The van der Waals surface area contributed by atoms with E-state index in [-0.39, 0.29) is 12.6 Å². The van der Waals surface area contributed by atoms with Gasteiger partial charge in [-0.2, -0.15) is 13.2 Å². The van der Waals surface area contributed by atoms with Crippen LogP contribution in [0.1, 0.15) is 46.0 Å². The Hall–Kier alpha value is -2.06. The summed E-state index contributed by atoms with van der Waals surface area (Å²) in [5.41, 5.74) is 3.23. The van der Waals surface area contributed by atoms with Gasteiger partial charge < -0.3 is 15.6 Å². The van der Waals surface area contributed by atoms with E-state index in [0.29, 0.717) is 31.9 Å². The van der Waals surface area contributed by atoms with Gasteiger partial charge in [0.1, 0.15) is 0 Å². The molecule has 1 aliphatic carbocycles. The number of ether oxygens (including phenoxy) is 1. The van der Waals surface area contributed by atoms with Gasteiger partial charge in [0.05, 0.1) is 35.8 Å². The SMILES string of the molecule is CCOC(=O)C1(C)CCC(N=C(CC(F)(F)F)C(=CN)C(=O)O)CC1. The molecule has 0 amide bonds. The number of aliphatic imine (C=N–C) groups is 1. The number of hydrogen-bond donors (Lipinski definition) is 2. The fourth-order valence-corrected chi connectivity index (χ4v) is 2.79. The maximum atomic E-state index is 12.7. The minimum atomic E-state index is -4.60. The van der Waals surface area contributed by atoms with Crippen LogP contribution in [-0.4, -0.2) is 41.6 Å². The molecule has 0 aromatic carbocycles. The lowest BCUT2D eigenvalue weighted by Gasteiger charge is -2.34. The number of esters is 1. The van der Waals surface area contributed by atoms with Gasteiger partial charge in [-0.3, -0.25) is 9.79 Å². The van der Waals surface area contributed by atoms with Gasteiger partial charge in [0, 0.05) is 6.20 Å². The number of nitrogens with zero attached hydrogens (tertiary/aromatic N) is 1. The zero-order valence-corrected chi connectivity index (χ0v) is 14.2. The number of carbonyl (C=O) groups excluding carboxylic acids is 1. The number of aliphatic carboxylic acids is 1. The third kappa shape index (κ3) is 6.06. The third-order valence-electron chi connectivity index (χ3n) is 4.24. The maximum Gasteiger partial charge on any atom is 0.394 e. The van der Waals surface area contributed by atoms with Gasteiger partial charge in [0.2, 0.25) is 0 Å². The molecule has 0 aromatic heterocycles. The lowest BCUT2D eigenvalue weighted by atomic mass is 9.74. The highest BCUT2D eigenvalue weighted by Crippen LogP contribution is 2.38. The summed E-state index contributed by atoms with van der Waals surface area (Å²) in [6.07, 6.45) is -3.88. The van der Waals surface area contributed by atoms with Crippen molar-refractivity contribution in [2.45, 2.75) is 58.2 Å². The van der Waals surface area contributed by atoms with E-state index in [9.17, 15) is 22.8 Å². The van der Waals surface area contributed by atoms with E-state index >= 15 is 0 Å². The van der Waals surface area contributed by atoms with Crippen LogP contribution >= 0.6 is 0 Å².